The lowest BCUT2D eigenvalue weighted by atomic mass is 10.1. The van der Waals surface area contributed by atoms with Gasteiger partial charge in [-0.3, -0.25) is 9.69 Å². The maximum Gasteiger partial charge on any atom is 0.443 e. The first-order valence-electron chi connectivity index (χ1n) is 11.0. The SMILES string of the molecule is O=C1COc2ccc(-n3nc(CCN(Cc4ccccc4)Cc4ccccc4)oc3=O)nc2N1. The van der Waals surface area contributed by atoms with Crippen LogP contribution in [0.1, 0.15) is 17.0 Å². The average Bonchev–Trinajstić information content (AvgIpc) is 3.24. The fourth-order valence-electron chi connectivity index (χ4n) is 3.79. The summed E-state index contributed by atoms with van der Waals surface area (Å²) in [5.41, 5.74) is 2.40. The van der Waals surface area contributed by atoms with Gasteiger partial charge in [-0.1, -0.05) is 60.7 Å². The Kier molecular flexibility index (Phi) is 6.17. The average molecular weight is 457 g/mol. The normalized spacial score (nSPS) is 12.8. The van der Waals surface area contributed by atoms with Crippen molar-refractivity contribution in [3.63, 3.8) is 0 Å². The Morgan fingerprint density at radius 2 is 1.59 bits per heavy atom. The topological polar surface area (TPSA) is 102 Å². The number of benzene rings is 2. The minimum absolute atomic E-state index is 0.0649. The van der Waals surface area contributed by atoms with Crippen molar-refractivity contribution in [3.05, 3.63) is 100 Å². The number of fused-ring (bicyclic) bond motifs is 1. The van der Waals surface area contributed by atoms with Crippen LogP contribution in [-0.2, 0) is 24.3 Å². The van der Waals surface area contributed by atoms with Gasteiger partial charge in [0.05, 0.1) is 0 Å². The lowest BCUT2D eigenvalue weighted by Gasteiger charge is -2.22. The number of aromatic nitrogens is 3. The molecule has 0 spiro atoms. The molecule has 5 rings (SSSR count). The second-order valence-electron chi connectivity index (χ2n) is 7.96. The molecule has 0 aliphatic carbocycles. The zero-order chi connectivity index (χ0) is 23.3. The highest BCUT2D eigenvalue weighted by molar-refractivity contribution is 5.94. The summed E-state index contributed by atoms with van der Waals surface area (Å²) in [6.45, 7) is 2.09. The second kappa shape index (κ2) is 9.72. The fourth-order valence-corrected chi connectivity index (χ4v) is 3.79. The summed E-state index contributed by atoms with van der Waals surface area (Å²) in [6.07, 6.45) is 0.451. The Hall–Kier alpha value is -4.24. The molecule has 1 N–H and O–H groups in total. The molecule has 0 unspecified atom stereocenters. The van der Waals surface area contributed by atoms with Gasteiger partial charge >= 0.3 is 5.76 Å². The number of nitrogens with zero attached hydrogens (tertiary/aromatic N) is 4. The van der Waals surface area contributed by atoms with E-state index in [9.17, 15) is 9.59 Å². The van der Waals surface area contributed by atoms with Crippen molar-refractivity contribution in [3.8, 4) is 11.6 Å². The standard InChI is InChI=1S/C25H23N5O4/c31-22-17-33-20-11-12-21(26-24(20)27-22)30-25(32)34-23(28-30)13-14-29(15-18-7-3-1-4-8-18)16-19-9-5-2-6-10-19/h1-12H,13-17H2,(H,26,27,31). The maximum atomic E-state index is 12.5. The van der Waals surface area contributed by atoms with E-state index < -0.39 is 5.76 Å². The molecule has 172 valence electrons. The molecule has 0 fully saturated rings. The van der Waals surface area contributed by atoms with Gasteiger partial charge in [0.15, 0.2) is 24.0 Å². The van der Waals surface area contributed by atoms with E-state index in [0.29, 0.717) is 24.6 Å². The molecular weight excluding hydrogens is 434 g/mol. The number of ether oxygens (including phenoxy) is 1. The first-order chi connectivity index (χ1) is 16.6. The van der Waals surface area contributed by atoms with E-state index in [4.69, 9.17) is 9.15 Å². The van der Waals surface area contributed by atoms with Gasteiger partial charge in [-0.25, -0.2) is 9.78 Å². The molecule has 9 nitrogen and oxygen atoms in total. The van der Waals surface area contributed by atoms with E-state index in [1.54, 1.807) is 12.1 Å². The summed E-state index contributed by atoms with van der Waals surface area (Å²) < 4.78 is 11.8. The quantitative estimate of drug-likeness (QED) is 0.434. The monoisotopic (exact) mass is 457 g/mol. The minimum atomic E-state index is -0.636. The minimum Gasteiger partial charge on any atom is -0.480 e. The highest BCUT2D eigenvalue weighted by atomic mass is 16.5. The molecular formula is C25H23N5O4. The van der Waals surface area contributed by atoms with Gasteiger partial charge in [0.1, 0.15) is 0 Å². The van der Waals surface area contributed by atoms with Crippen LogP contribution in [-0.4, -0.2) is 38.7 Å². The number of carbonyl (C=O) groups is 1. The van der Waals surface area contributed by atoms with E-state index in [1.165, 1.54) is 11.1 Å². The Labute approximate surface area is 195 Å². The molecule has 0 atom stereocenters. The molecule has 2 aromatic heterocycles. The Morgan fingerprint density at radius 1 is 0.912 bits per heavy atom. The van der Waals surface area contributed by atoms with Crippen LogP contribution in [0.15, 0.2) is 82.0 Å². The number of pyridine rings is 1. The number of hydrogen-bond donors (Lipinski definition) is 1. The smallest absolute Gasteiger partial charge is 0.443 e. The van der Waals surface area contributed by atoms with Gasteiger partial charge in [0.2, 0.25) is 5.89 Å². The molecule has 0 bridgehead atoms. The summed E-state index contributed by atoms with van der Waals surface area (Å²) in [6, 6.07) is 23.7. The molecule has 34 heavy (non-hydrogen) atoms. The number of nitrogens with one attached hydrogen (secondary N) is 1. The predicted molar refractivity (Wildman–Crippen MR) is 125 cm³/mol. The van der Waals surface area contributed by atoms with Crippen molar-refractivity contribution in [1.29, 1.82) is 0 Å². The lowest BCUT2D eigenvalue weighted by Crippen LogP contribution is -2.27. The number of carbonyl (C=O) groups excluding carboxylic acids is 1. The van der Waals surface area contributed by atoms with Crippen molar-refractivity contribution in [2.75, 3.05) is 18.5 Å². The van der Waals surface area contributed by atoms with Gasteiger partial charge in [-0.2, -0.15) is 0 Å². The molecule has 3 heterocycles. The molecule has 1 amide bonds. The molecule has 9 heteroatoms. The first-order valence-corrected chi connectivity index (χ1v) is 11.0. The van der Waals surface area contributed by atoms with Gasteiger partial charge in [-0.15, -0.1) is 9.78 Å². The molecule has 2 aromatic carbocycles. The van der Waals surface area contributed by atoms with Gasteiger partial charge in [0, 0.05) is 26.1 Å². The molecule has 0 radical (unpaired) electrons. The van der Waals surface area contributed by atoms with E-state index >= 15 is 0 Å². The van der Waals surface area contributed by atoms with Crippen LogP contribution in [0.5, 0.6) is 5.75 Å². The second-order valence-corrected chi connectivity index (χ2v) is 7.96. The lowest BCUT2D eigenvalue weighted by molar-refractivity contribution is -0.118. The molecule has 1 aliphatic rings. The van der Waals surface area contributed by atoms with Crippen molar-refractivity contribution in [2.45, 2.75) is 19.5 Å². The Balaban J connectivity index is 1.32. The van der Waals surface area contributed by atoms with Crippen LogP contribution < -0.4 is 15.8 Å². The zero-order valence-corrected chi connectivity index (χ0v) is 18.4. The Morgan fingerprint density at radius 3 is 2.26 bits per heavy atom. The summed E-state index contributed by atoms with van der Waals surface area (Å²) >= 11 is 0. The summed E-state index contributed by atoms with van der Waals surface area (Å²) in [4.78, 5) is 30.6. The van der Waals surface area contributed by atoms with Crippen LogP contribution in [0.2, 0.25) is 0 Å². The van der Waals surface area contributed by atoms with Crippen LogP contribution in [0, 0.1) is 0 Å². The zero-order valence-electron chi connectivity index (χ0n) is 18.4. The number of amides is 1. The third-order valence-corrected chi connectivity index (χ3v) is 5.41. The van der Waals surface area contributed by atoms with Crippen molar-refractivity contribution in [2.24, 2.45) is 0 Å². The van der Waals surface area contributed by atoms with Crippen molar-refractivity contribution < 1.29 is 13.9 Å². The predicted octanol–water partition coefficient (Wildman–Crippen LogP) is 2.80. The molecule has 4 aromatic rings. The third-order valence-electron chi connectivity index (χ3n) is 5.41. The highest BCUT2D eigenvalue weighted by Crippen LogP contribution is 2.26. The number of anilines is 1. The van der Waals surface area contributed by atoms with Crippen LogP contribution in [0.3, 0.4) is 0 Å². The summed E-state index contributed by atoms with van der Waals surface area (Å²) in [5, 5.41) is 6.96. The third kappa shape index (κ3) is 5.05. The van der Waals surface area contributed by atoms with E-state index in [1.807, 2.05) is 36.4 Å². The van der Waals surface area contributed by atoms with Crippen molar-refractivity contribution in [1.82, 2.24) is 19.7 Å². The highest BCUT2D eigenvalue weighted by Gasteiger charge is 2.20. The van der Waals surface area contributed by atoms with Gasteiger partial charge in [-0.05, 0) is 23.3 Å². The molecule has 1 aliphatic heterocycles. The van der Waals surface area contributed by atoms with E-state index in [0.717, 1.165) is 17.8 Å². The summed E-state index contributed by atoms with van der Waals surface area (Å²) in [7, 11) is 0. The van der Waals surface area contributed by atoms with E-state index in [-0.39, 0.29) is 24.1 Å². The number of hydrogen-bond acceptors (Lipinski definition) is 7. The van der Waals surface area contributed by atoms with Gasteiger partial charge in [0.25, 0.3) is 5.91 Å². The van der Waals surface area contributed by atoms with Gasteiger partial charge < -0.3 is 14.5 Å². The van der Waals surface area contributed by atoms with Crippen LogP contribution >= 0.6 is 0 Å². The Bertz CT molecular complexity index is 1290. The molecule has 0 saturated heterocycles. The molecule has 0 saturated carbocycles. The van der Waals surface area contributed by atoms with E-state index in [2.05, 4.69) is 44.6 Å². The fraction of sp³-hybridized carbons (Fsp3) is 0.200. The number of rotatable bonds is 8. The maximum absolute atomic E-state index is 12.5. The summed E-state index contributed by atoms with van der Waals surface area (Å²) in [5.74, 6) is 0.316. The van der Waals surface area contributed by atoms with Crippen LogP contribution in [0.4, 0.5) is 5.82 Å². The van der Waals surface area contributed by atoms with Crippen molar-refractivity contribution >= 4 is 11.7 Å². The largest absolute Gasteiger partial charge is 0.480 e. The van der Waals surface area contributed by atoms with Crippen LogP contribution in [0.25, 0.3) is 5.82 Å². The first kappa shape index (κ1) is 21.6.